The van der Waals surface area contributed by atoms with Crippen molar-refractivity contribution < 1.29 is 23.1 Å². The number of halogens is 4. The number of hydrogen-bond donors (Lipinski definition) is 1. The maximum Gasteiger partial charge on any atom is 0.389 e. The van der Waals surface area contributed by atoms with E-state index in [4.69, 9.17) is 16.7 Å². The van der Waals surface area contributed by atoms with E-state index in [1.165, 1.54) is 0 Å². The van der Waals surface area contributed by atoms with Crippen LogP contribution >= 0.6 is 11.6 Å². The number of hydrogen-bond acceptors (Lipinski definition) is 1. The summed E-state index contributed by atoms with van der Waals surface area (Å²) in [5.74, 6) is -2.31. The van der Waals surface area contributed by atoms with Crippen molar-refractivity contribution in [3.05, 3.63) is 34.9 Å². The summed E-state index contributed by atoms with van der Waals surface area (Å²) in [6.07, 6.45) is -5.88. The van der Waals surface area contributed by atoms with E-state index in [1.54, 1.807) is 24.3 Å². The van der Waals surface area contributed by atoms with Gasteiger partial charge in [0, 0.05) is 11.4 Å². The fraction of sp³-hybridized carbons (Fsp3) is 0.417. The van der Waals surface area contributed by atoms with Crippen LogP contribution in [0.5, 0.6) is 0 Å². The van der Waals surface area contributed by atoms with E-state index in [9.17, 15) is 18.0 Å². The van der Waals surface area contributed by atoms with Crippen LogP contribution < -0.4 is 0 Å². The van der Waals surface area contributed by atoms with Gasteiger partial charge < -0.3 is 5.11 Å². The molecule has 0 amide bonds. The van der Waals surface area contributed by atoms with Gasteiger partial charge in [-0.2, -0.15) is 13.2 Å². The number of benzene rings is 1. The summed E-state index contributed by atoms with van der Waals surface area (Å²) in [6, 6.07) is 6.55. The molecule has 1 atom stereocenters. The van der Waals surface area contributed by atoms with Gasteiger partial charge in [-0.3, -0.25) is 4.79 Å². The van der Waals surface area contributed by atoms with Gasteiger partial charge in [0.15, 0.2) is 0 Å². The van der Waals surface area contributed by atoms with Crippen molar-refractivity contribution >= 4 is 17.6 Å². The van der Waals surface area contributed by atoms with Gasteiger partial charge in [-0.1, -0.05) is 29.8 Å². The van der Waals surface area contributed by atoms with Crippen molar-refractivity contribution in [2.45, 2.75) is 25.4 Å². The minimum atomic E-state index is -4.34. The molecule has 0 radical (unpaired) electrons. The Labute approximate surface area is 107 Å². The van der Waals surface area contributed by atoms with Crippen LogP contribution in [0.25, 0.3) is 0 Å². The van der Waals surface area contributed by atoms with Crippen LogP contribution in [-0.4, -0.2) is 17.3 Å². The van der Waals surface area contributed by atoms with Crippen molar-refractivity contribution in [2.24, 2.45) is 5.92 Å². The van der Waals surface area contributed by atoms with Crippen molar-refractivity contribution in [1.29, 1.82) is 0 Å². The summed E-state index contributed by atoms with van der Waals surface area (Å²) in [5.41, 5.74) is 0.550. The fourth-order valence-electron chi connectivity index (χ4n) is 1.58. The van der Waals surface area contributed by atoms with Gasteiger partial charge >= 0.3 is 12.1 Å². The zero-order valence-corrected chi connectivity index (χ0v) is 10.1. The van der Waals surface area contributed by atoms with Crippen LogP contribution in [0, 0.1) is 5.92 Å². The largest absolute Gasteiger partial charge is 0.481 e. The lowest BCUT2D eigenvalue weighted by molar-refractivity contribution is -0.148. The Morgan fingerprint density at radius 1 is 1.33 bits per heavy atom. The van der Waals surface area contributed by atoms with Crippen LogP contribution in [0.1, 0.15) is 18.4 Å². The Hall–Kier alpha value is -1.23. The Morgan fingerprint density at radius 3 is 2.44 bits per heavy atom. The second kappa shape index (κ2) is 6.09. The van der Waals surface area contributed by atoms with Gasteiger partial charge in [-0.25, -0.2) is 0 Å². The first-order valence-electron chi connectivity index (χ1n) is 5.32. The number of carbonyl (C=O) groups is 1. The predicted molar refractivity (Wildman–Crippen MR) is 61.6 cm³/mol. The first-order valence-corrected chi connectivity index (χ1v) is 5.70. The first kappa shape index (κ1) is 14.8. The number of rotatable bonds is 5. The third-order valence-electron chi connectivity index (χ3n) is 2.55. The van der Waals surface area contributed by atoms with E-state index < -0.39 is 30.9 Å². The first-order chi connectivity index (χ1) is 8.29. The average Bonchev–Trinajstić information content (AvgIpc) is 2.24. The number of carboxylic acid groups (broad SMARTS) is 1. The van der Waals surface area contributed by atoms with Crippen LogP contribution in [-0.2, 0) is 11.2 Å². The summed E-state index contributed by atoms with van der Waals surface area (Å²) >= 11 is 5.85. The maximum atomic E-state index is 12.1. The number of alkyl halides is 3. The Morgan fingerprint density at radius 2 is 1.94 bits per heavy atom. The molecule has 1 aromatic rings. The SMILES string of the molecule is O=C(O)C(CCC(F)(F)F)Cc1ccccc1Cl. The summed E-state index contributed by atoms with van der Waals surface area (Å²) < 4.78 is 36.2. The van der Waals surface area contributed by atoms with Crippen LogP contribution in [0.3, 0.4) is 0 Å². The molecule has 1 unspecified atom stereocenters. The molecule has 1 aromatic carbocycles. The van der Waals surface area contributed by atoms with Gasteiger partial charge in [0.25, 0.3) is 0 Å². The second-order valence-corrected chi connectivity index (χ2v) is 4.39. The normalized spacial score (nSPS) is 13.3. The average molecular weight is 281 g/mol. The smallest absolute Gasteiger partial charge is 0.389 e. The molecule has 0 aliphatic heterocycles. The molecule has 6 heteroatoms. The highest BCUT2D eigenvalue weighted by molar-refractivity contribution is 6.31. The molecular weight excluding hydrogens is 269 g/mol. The second-order valence-electron chi connectivity index (χ2n) is 3.98. The molecule has 0 spiro atoms. The van der Waals surface area contributed by atoms with Crippen molar-refractivity contribution in [3.8, 4) is 0 Å². The van der Waals surface area contributed by atoms with Crippen molar-refractivity contribution in [3.63, 3.8) is 0 Å². The lowest BCUT2D eigenvalue weighted by atomic mass is 9.95. The highest BCUT2D eigenvalue weighted by Crippen LogP contribution is 2.27. The minimum absolute atomic E-state index is 0.00505. The van der Waals surface area contributed by atoms with Gasteiger partial charge in [0.05, 0.1) is 5.92 Å². The molecule has 1 rings (SSSR count). The lowest BCUT2D eigenvalue weighted by Gasteiger charge is -2.14. The number of aliphatic carboxylic acids is 1. The molecule has 100 valence electrons. The Kier molecular flexibility index (Phi) is 5.02. The molecule has 0 aliphatic carbocycles. The predicted octanol–water partition coefficient (Wildman–Crippen LogP) is 3.93. The van der Waals surface area contributed by atoms with Crippen molar-refractivity contribution in [2.75, 3.05) is 0 Å². The topological polar surface area (TPSA) is 37.3 Å². The third kappa shape index (κ3) is 4.96. The molecule has 0 bridgehead atoms. The summed E-state index contributed by atoms with van der Waals surface area (Å²) in [4.78, 5) is 10.9. The molecule has 0 heterocycles. The quantitative estimate of drug-likeness (QED) is 0.887. The zero-order chi connectivity index (χ0) is 13.8. The van der Waals surface area contributed by atoms with Gasteiger partial charge in [0.1, 0.15) is 0 Å². The number of carboxylic acids is 1. The van der Waals surface area contributed by atoms with E-state index in [1.807, 2.05) is 0 Å². The minimum Gasteiger partial charge on any atom is -0.481 e. The monoisotopic (exact) mass is 280 g/mol. The van der Waals surface area contributed by atoms with E-state index in [-0.39, 0.29) is 6.42 Å². The van der Waals surface area contributed by atoms with Gasteiger partial charge in [0.2, 0.25) is 0 Å². The Balaban J connectivity index is 2.70. The highest BCUT2D eigenvalue weighted by Gasteiger charge is 2.30. The van der Waals surface area contributed by atoms with E-state index in [2.05, 4.69) is 0 Å². The molecule has 2 nitrogen and oxygen atoms in total. The van der Waals surface area contributed by atoms with Crippen LogP contribution in [0.15, 0.2) is 24.3 Å². The standard InChI is InChI=1S/C12H12ClF3O2/c13-10-4-2-1-3-8(10)7-9(11(17)18)5-6-12(14,15)16/h1-4,9H,5-7H2,(H,17,18). The van der Waals surface area contributed by atoms with Gasteiger partial charge in [-0.15, -0.1) is 0 Å². The van der Waals surface area contributed by atoms with Crippen molar-refractivity contribution in [1.82, 2.24) is 0 Å². The molecule has 0 aromatic heterocycles. The maximum absolute atomic E-state index is 12.1. The summed E-state index contributed by atoms with van der Waals surface area (Å²) in [7, 11) is 0. The molecule has 1 N–H and O–H groups in total. The zero-order valence-electron chi connectivity index (χ0n) is 9.38. The molecule has 0 saturated heterocycles. The summed E-state index contributed by atoms with van der Waals surface area (Å²) in [6.45, 7) is 0. The highest BCUT2D eigenvalue weighted by atomic mass is 35.5. The van der Waals surface area contributed by atoms with E-state index in [0.29, 0.717) is 10.6 Å². The molecule has 0 aliphatic rings. The fourth-order valence-corrected chi connectivity index (χ4v) is 1.79. The van der Waals surface area contributed by atoms with Gasteiger partial charge in [-0.05, 0) is 24.5 Å². The Bertz CT molecular complexity index is 418. The van der Waals surface area contributed by atoms with Crippen LogP contribution in [0.4, 0.5) is 13.2 Å². The van der Waals surface area contributed by atoms with Crippen LogP contribution in [0.2, 0.25) is 5.02 Å². The molecule has 18 heavy (non-hydrogen) atoms. The third-order valence-corrected chi connectivity index (χ3v) is 2.92. The molecular formula is C12H12ClF3O2. The molecule has 0 saturated carbocycles. The van der Waals surface area contributed by atoms with E-state index >= 15 is 0 Å². The lowest BCUT2D eigenvalue weighted by Crippen LogP contribution is -2.20. The summed E-state index contributed by atoms with van der Waals surface area (Å²) in [5, 5.41) is 9.28. The molecule has 0 fully saturated rings. The van der Waals surface area contributed by atoms with E-state index in [0.717, 1.165) is 0 Å².